The Labute approximate surface area is 123 Å². The molecule has 4 heteroatoms. The summed E-state index contributed by atoms with van der Waals surface area (Å²) in [5.41, 5.74) is 6.73. The maximum atomic E-state index is 5.57. The van der Waals surface area contributed by atoms with Gasteiger partial charge in [-0.3, -0.25) is 4.68 Å². The van der Waals surface area contributed by atoms with Gasteiger partial charge in [-0.05, 0) is 49.2 Å². The summed E-state index contributed by atoms with van der Waals surface area (Å²) in [6.45, 7) is 5.87. The van der Waals surface area contributed by atoms with Crippen molar-refractivity contribution in [3.8, 4) is 17.0 Å². The summed E-state index contributed by atoms with van der Waals surface area (Å²) < 4.78 is 7.57. The van der Waals surface area contributed by atoms with Gasteiger partial charge in [0.25, 0.3) is 0 Å². The van der Waals surface area contributed by atoms with Crippen LogP contribution >= 0.6 is 0 Å². The van der Waals surface area contributed by atoms with Gasteiger partial charge < -0.3 is 4.74 Å². The van der Waals surface area contributed by atoms with Crippen LogP contribution in [0.4, 0.5) is 0 Å². The van der Waals surface area contributed by atoms with E-state index in [0.29, 0.717) is 0 Å². The van der Waals surface area contributed by atoms with Gasteiger partial charge in [0.05, 0.1) is 24.0 Å². The van der Waals surface area contributed by atoms with Crippen LogP contribution < -0.4 is 4.74 Å². The molecule has 2 aromatic heterocycles. The Balaban J connectivity index is 1.87. The van der Waals surface area contributed by atoms with Crippen LogP contribution in [-0.4, -0.2) is 21.4 Å². The second-order valence-electron chi connectivity index (χ2n) is 5.44. The SMILES string of the molecule is CCn1ncc2nc(-c3ccc4c(c3)CCO4)cc(C)c21. The number of fused-ring (bicyclic) bond motifs is 2. The molecule has 1 aromatic carbocycles. The van der Waals surface area contributed by atoms with E-state index >= 15 is 0 Å². The summed E-state index contributed by atoms with van der Waals surface area (Å²) in [5, 5.41) is 4.40. The molecule has 0 aliphatic carbocycles. The smallest absolute Gasteiger partial charge is 0.122 e. The molecule has 3 aromatic rings. The first-order chi connectivity index (χ1) is 10.3. The molecule has 0 amide bonds. The van der Waals surface area contributed by atoms with Crippen molar-refractivity contribution < 1.29 is 4.74 Å². The fourth-order valence-electron chi connectivity index (χ4n) is 3.03. The van der Waals surface area contributed by atoms with Crippen molar-refractivity contribution in [2.24, 2.45) is 0 Å². The first-order valence-corrected chi connectivity index (χ1v) is 7.35. The molecule has 0 radical (unpaired) electrons. The van der Waals surface area contributed by atoms with Crippen LogP contribution in [0.25, 0.3) is 22.3 Å². The van der Waals surface area contributed by atoms with Crippen molar-refractivity contribution >= 4 is 11.0 Å². The lowest BCUT2D eigenvalue weighted by atomic mass is 10.0. The molecular formula is C17H17N3O. The number of hydrogen-bond donors (Lipinski definition) is 0. The van der Waals surface area contributed by atoms with E-state index in [9.17, 15) is 0 Å². The van der Waals surface area contributed by atoms with E-state index < -0.39 is 0 Å². The Morgan fingerprint density at radius 1 is 1.29 bits per heavy atom. The van der Waals surface area contributed by atoms with E-state index in [1.54, 1.807) is 0 Å². The predicted molar refractivity (Wildman–Crippen MR) is 82.6 cm³/mol. The van der Waals surface area contributed by atoms with E-state index in [4.69, 9.17) is 9.72 Å². The Hall–Kier alpha value is -2.36. The fourth-order valence-corrected chi connectivity index (χ4v) is 3.03. The van der Waals surface area contributed by atoms with E-state index in [1.807, 2.05) is 16.9 Å². The van der Waals surface area contributed by atoms with Gasteiger partial charge in [-0.25, -0.2) is 4.98 Å². The summed E-state index contributed by atoms with van der Waals surface area (Å²) in [4.78, 5) is 4.78. The normalized spacial score (nSPS) is 13.4. The lowest BCUT2D eigenvalue weighted by Gasteiger charge is -2.07. The molecule has 3 heterocycles. The molecule has 0 bridgehead atoms. The number of rotatable bonds is 2. The third-order valence-electron chi connectivity index (χ3n) is 4.07. The van der Waals surface area contributed by atoms with Crippen molar-refractivity contribution in [3.63, 3.8) is 0 Å². The maximum absolute atomic E-state index is 5.57. The number of hydrogen-bond acceptors (Lipinski definition) is 3. The lowest BCUT2D eigenvalue weighted by molar-refractivity contribution is 0.357. The van der Waals surface area contributed by atoms with Gasteiger partial charge in [0.15, 0.2) is 0 Å². The molecule has 0 saturated heterocycles. The van der Waals surface area contributed by atoms with Crippen molar-refractivity contribution in [3.05, 3.63) is 41.6 Å². The third kappa shape index (κ3) is 1.90. The maximum Gasteiger partial charge on any atom is 0.122 e. The van der Waals surface area contributed by atoms with Crippen LogP contribution in [-0.2, 0) is 13.0 Å². The molecular weight excluding hydrogens is 262 g/mol. The molecule has 1 aliphatic heterocycles. The van der Waals surface area contributed by atoms with Gasteiger partial charge >= 0.3 is 0 Å². The summed E-state index contributed by atoms with van der Waals surface area (Å²) in [6, 6.07) is 8.48. The number of pyridine rings is 1. The van der Waals surface area contributed by atoms with Gasteiger partial charge in [0, 0.05) is 18.5 Å². The monoisotopic (exact) mass is 279 g/mol. The van der Waals surface area contributed by atoms with Crippen LogP contribution in [0.15, 0.2) is 30.5 Å². The van der Waals surface area contributed by atoms with Gasteiger partial charge in [0.2, 0.25) is 0 Å². The molecule has 0 fully saturated rings. The Bertz CT molecular complexity index is 835. The summed E-state index contributed by atoms with van der Waals surface area (Å²) in [6.07, 6.45) is 2.84. The Morgan fingerprint density at radius 3 is 3.05 bits per heavy atom. The third-order valence-corrected chi connectivity index (χ3v) is 4.07. The minimum atomic E-state index is 0.785. The largest absolute Gasteiger partial charge is 0.493 e. The summed E-state index contributed by atoms with van der Waals surface area (Å²) in [5.74, 6) is 1.01. The highest BCUT2D eigenvalue weighted by Gasteiger charge is 2.14. The van der Waals surface area contributed by atoms with E-state index in [-0.39, 0.29) is 0 Å². The first-order valence-electron chi connectivity index (χ1n) is 7.35. The topological polar surface area (TPSA) is 39.9 Å². The lowest BCUT2D eigenvalue weighted by Crippen LogP contribution is -1.98. The van der Waals surface area contributed by atoms with Gasteiger partial charge in [-0.15, -0.1) is 0 Å². The van der Waals surface area contributed by atoms with Crippen LogP contribution in [0, 0.1) is 6.92 Å². The van der Waals surface area contributed by atoms with Crippen molar-refractivity contribution in [2.45, 2.75) is 26.8 Å². The molecule has 0 spiro atoms. The van der Waals surface area contributed by atoms with Crippen LogP contribution in [0.5, 0.6) is 5.75 Å². The fraction of sp³-hybridized carbons (Fsp3) is 0.294. The average Bonchev–Trinajstić information content (AvgIpc) is 3.12. The first kappa shape index (κ1) is 12.4. The Morgan fingerprint density at radius 2 is 2.19 bits per heavy atom. The number of benzene rings is 1. The molecule has 106 valence electrons. The van der Waals surface area contributed by atoms with Crippen molar-refractivity contribution in [1.82, 2.24) is 14.8 Å². The second kappa shape index (κ2) is 4.58. The molecule has 0 saturated carbocycles. The van der Waals surface area contributed by atoms with Gasteiger partial charge in [-0.2, -0.15) is 5.10 Å². The molecule has 4 nitrogen and oxygen atoms in total. The minimum Gasteiger partial charge on any atom is -0.493 e. The van der Waals surface area contributed by atoms with Crippen LogP contribution in [0.2, 0.25) is 0 Å². The minimum absolute atomic E-state index is 0.785. The van der Waals surface area contributed by atoms with Crippen LogP contribution in [0.1, 0.15) is 18.1 Å². The number of ether oxygens (including phenoxy) is 1. The zero-order valence-corrected chi connectivity index (χ0v) is 12.3. The average molecular weight is 279 g/mol. The van der Waals surface area contributed by atoms with E-state index in [2.05, 4.69) is 37.1 Å². The summed E-state index contributed by atoms with van der Waals surface area (Å²) >= 11 is 0. The summed E-state index contributed by atoms with van der Waals surface area (Å²) in [7, 11) is 0. The Kier molecular flexibility index (Phi) is 2.70. The quantitative estimate of drug-likeness (QED) is 0.722. The highest BCUT2D eigenvalue weighted by Crippen LogP contribution is 2.31. The van der Waals surface area contributed by atoms with E-state index in [0.717, 1.165) is 47.6 Å². The van der Waals surface area contributed by atoms with Crippen LogP contribution in [0.3, 0.4) is 0 Å². The molecule has 4 rings (SSSR count). The van der Waals surface area contributed by atoms with Gasteiger partial charge in [-0.1, -0.05) is 0 Å². The molecule has 0 atom stereocenters. The molecule has 0 unspecified atom stereocenters. The van der Waals surface area contributed by atoms with E-state index in [1.165, 1.54) is 11.1 Å². The molecule has 1 aliphatic rings. The molecule has 0 N–H and O–H groups in total. The van der Waals surface area contributed by atoms with Crippen molar-refractivity contribution in [2.75, 3.05) is 6.61 Å². The highest BCUT2D eigenvalue weighted by atomic mass is 16.5. The van der Waals surface area contributed by atoms with Gasteiger partial charge in [0.1, 0.15) is 11.3 Å². The number of aromatic nitrogens is 3. The predicted octanol–water partition coefficient (Wildman–Crippen LogP) is 3.36. The zero-order valence-electron chi connectivity index (χ0n) is 12.3. The van der Waals surface area contributed by atoms with Crippen molar-refractivity contribution in [1.29, 1.82) is 0 Å². The standard InChI is InChI=1S/C17H17N3O/c1-3-20-17-11(2)8-14(19-15(17)10-18-20)12-4-5-16-13(9-12)6-7-21-16/h4-5,8-10H,3,6-7H2,1-2H3. The number of nitrogens with zero attached hydrogens (tertiary/aromatic N) is 3. The molecule has 21 heavy (non-hydrogen) atoms. The second-order valence-corrected chi connectivity index (χ2v) is 5.44. The highest BCUT2D eigenvalue weighted by molar-refractivity contribution is 5.81. The number of aryl methyl sites for hydroxylation is 2. The zero-order chi connectivity index (χ0) is 14.4.